The highest BCUT2D eigenvalue weighted by atomic mass is 35.5. The molecule has 0 bridgehead atoms. The number of hydrogen-bond donors (Lipinski definition) is 1. The summed E-state index contributed by atoms with van der Waals surface area (Å²) in [6.07, 6.45) is 1.77. The third-order valence-corrected chi connectivity index (χ3v) is 0.378. The summed E-state index contributed by atoms with van der Waals surface area (Å²) in [5.74, 6) is 0. The van der Waals surface area contributed by atoms with Crippen molar-refractivity contribution in [2.45, 2.75) is 6.92 Å². The molecule has 0 saturated heterocycles. The van der Waals surface area contributed by atoms with Gasteiger partial charge in [0.1, 0.15) is 0 Å². The quantitative estimate of drug-likeness (QED) is 0.400. The van der Waals surface area contributed by atoms with Gasteiger partial charge < -0.3 is 0 Å². The molecule has 0 unspecified atom stereocenters. The van der Waals surface area contributed by atoms with Gasteiger partial charge in [0, 0.05) is 0 Å². The van der Waals surface area contributed by atoms with Crippen molar-refractivity contribution in [3.63, 3.8) is 0 Å². The van der Waals surface area contributed by atoms with Gasteiger partial charge in [-0.25, -0.2) is 5.41 Å². The lowest BCUT2D eigenvalue weighted by atomic mass is 10.8. The molecule has 0 radical (unpaired) electrons. The van der Waals surface area contributed by atoms with Gasteiger partial charge in [0.05, 0.1) is 5.16 Å². The molecular formula is C4H6ClNS. The summed E-state index contributed by atoms with van der Waals surface area (Å²) in [7, 11) is 0. The Labute approximate surface area is 53.5 Å². The number of rotatable bonds is 0. The minimum Gasteiger partial charge on any atom is -0.248 e. The van der Waals surface area contributed by atoms with Crippen molar-refractivity contribution >= 4 is 29.0 Å². The molecule has 0 amide bonds. The van der Waals surface area contributed by atoms with Gasteiger partial charge in [-0.2, -0.15) is 0 Å². The van der Waals surface area contributed by atoms with Crippen LogP contribution in [0.3, 0.4) is 0 Å². The Morgan fingerprint density at radius 3 is 2.00 bits per heavy atom. The van der Waals surface area contributed by atoms with E-state index < -0.39 is 0 Å². The van der Waals surface area contributed by atoms with E-state index in [0.717, 1.165) is 0 Å². The van der Waals surface area contributed by atoms with Crippen LogP contribution >= 0.6 is 23.8 Å². The first kappa shape index (κ1) is 9.95. The number of allylic oxidation sites excluding steroid dienone is 1. The van der Waals surface area contributed by atoms with Crippen LogP contribution in [-0.2, 0) is 0 Å². The Morgan fingerprint density at radius 2 is 2.00 bits per heavy atom. The van der Waals surface area contributed by atoms with Crippen LogP contribution in [0.15, 0.2) is 11.6 Å². The molecule has 0 aliphatic rings. The SMILES string of the molecule is CC=CCl.N=C=S. The van der Waals surface area contributed by atoms with Gasteiger partial charge in [0.25, 0.3) is 0 Å². The van der Waals surface area contributed by atoms with Crippen LogP contribution in [0, 0.1) is 5.41 Å². The molecule has 0 spiro atoms. The van der Waals surface area contributed by atoms with Crippen LogP contribution < -0.4 is 0 Å². The van der Waals surface area contributed by atoms with Gasteiger partial charge >= 0.3 is 0 Å². The lowest BCUT2D eigenvalue weighted by Crippen LogP contribution is -1.20. The first-order valence-electron chi connectivity index (χ1n) is 1.58. The maximum Gasteiger partial charge on any atom is 0.0554 e. The van der Waals surface area contributed by atoms with Crippen LogP contribution in [0.25, 0.3) is 0 Å². The molecule has 0 fully saturated rings. The summed E-state index contributed by atoms with van der Waals surface area (Å²) >= 11 is 8.82. The van der Waals surface area contributed by atoms with Crippen LogP contribution in [0.1, 0.15) is 6.92 Å². The largest absolute Gasteiger partial charge is 0.248 e. The average molecular weight is 136 g/mol. The fourth-order valence-corrected chi connectivity index (χ4v) is 0. The van der Waals surface area contributed by atoms with Gasteiger partial charge in [-0.05, 0) is 24.7 Å². The zero-order valence-electron chi connectivity index (χ0n) is 3.94. The van der Waals surface area contributed by atoms with Crippen LogP contribution in [0.4, 0.5) is 0 Å². The number of isothiocyanates is 1. The van der Waals surface area contributed by atoms with E-state index in [9.17, 15) is 0 Å². The Bertz CT molecular complexity index is 69.8. The number of thiocarbonyl (C=S) groups is 1. The standard InChI is InChI=1S/C3H5Cl.CHNS/c1-2-3-4;2-1-3/h2-3H,1H3;2H. The van der Waals surface area contributed by atoms with Crippen LogP contribution in [0.2, 0.25) is 0 Å². The lowest BCUT2D eigenvalue weighted by Gasteiger charge is -1.46. The minimum atomic E-state index is 1.47. The Balaban J connectivity index is 0. The second-order valence-corrected chi connectivity index (χ2v) is 1.02. The van der Waals surface area contributed by atoms with Crippen molar-refractivity contribution in [1.29, 1.82) is 5.41 Å². The van der Waals surface area contributed by atoms with E-state index in [4.69, 9.17) is 17.0 Å². The van der Waals surface area contributed by atoms with E-state index in [1.165, 1.54) is 5.54 Å². The van der Waals surface area contributed by atoms with Crippen molar-refractivity contribution < 1.29 is 0 Å². The zero-order chi connectivity index (χ0) is 6.12. The molecule has 3 heteroatoms. The monoisotopic (exact) mass is 135 g/mol. The average Bonchev–Trinajstić information content (AvgIpc) is 1.69. The minimum absolute atomic E-state index is 1.47. The fraction of sp³-hybridized carbons (Fsp3) is 0.250. The van der Waals surface area contributed by atoms with E-state index in [2.05, 4.69) is 12.2 Å². The predicted octanol–water partition coefficient (Wildman–Crippen LogP) is 2.43. The van der Waals surface area contributed by atoms with Crippen LogP contribution in [-0.4, -0.2) is 5.16 Å². The molecule has 0 aromatic rings. The summed E-state index contributed by atoms with van der Waals surface area (Å²) in [4.78, 5) is 0. The first-order valence-corrected chi connectivity index (χ1v) is 2.43. The lowest BCUT2D eigenvalue weighted by molar-refractivity contribution is 1.61. The normalized spacial score (nSPS) is 6.57. The molecule has 0 aliphatic carbocycles. The summed E-state index contributed by atoms with van der Waals surface area (Å²) in [5.41, 5.74) is 1.47. The molecule has 0 heterocycles. The Hall–Kier alpha value is -0.170. The highest BCUT2D eigenvalue weighted by Crippen LogP contribution is 1.70. The maximum atomic E-state index is 5.77. The number of nitrogens with one attached hydrogen (secondary N) is 1. The Morgan fingerprint density at radius 1 is 1.86 bits per heavy atom. The van der Waals surface area contributed by atoms with Gasteiger partial charge in [-0.1, -0.05) is 17.7 Å². The van der Waals surface area contributed by atoms with E-state index in [1.807, 2.05) is 6.92 Å². The molecule has 0 aliphatic heterocycles. The van der Waals surface area contributed by atoms with Crippen LogP contribution in [0.5, 0.6) is 0 Å². The summed E-state index contributed by atoms with van der Waals surface area (Å²) < 4.78 is 0. The summed E-state index contributed by atoms with van der Waals surface area (Å²) in [6.45, 7) is 1.87. The van der Waals surface area contributed by atoms with Gasteiger partial charge in [-0.15, -0.1) is 0 Å². The van der Waals surface area contributed by atoms with E-state index in [-0.39, 0.29) is 0 Å². The highest BCUT2D eigenvalue weighted by Gasteiger charge is 1.37. The molecule has 40 valence electrons. The van der Waals surface area contributed by atoms with E-state index in [1.54, 1.807) is 11.2 Å². The summed E-state index contributed by atoms with van der Waals surface area (Å²) in [6, 6.07) is 0. The van der Waals surface area contributed by atoms with E-state index in [0.29, 0.717) is 0 Å². The second-order valence-electron chi connectivity index (χ2n) is 0.561. The third-order valence-electron chi connectivity index (χ3n) is 0.126. The predicted molar refractivity (Wildman–Crippen MR) is 36.0 cm³/mol. The molecule has 7 heavy (non-hydrogen) atoms. The molecular weight excluding hydrogens is 130 g/mol. The van der Waals surface area contributed by atoms with Gasteiger partial charge in [-0.3, -0.25) is 0 Å². The van der Waals surface area contributed by atoms with Crippen molar-refractivity contribution in [3.05, 3.63) is 11.6 Å². The number of hydrogen-bond acceptors (Lipinski definition) is 2. The van der Waals surface area contributed by atoms with Crippen molar-refractivity contribution in [1.82, 2.24) is 0 Å². The maximum absolute atomic E-state index is 5.77. The molecule has 0 saturated carbocycles. The molecule has 0 atom stereocenters. The zero-order valence-corrected chi connectivity index (χ0v) is 5.51. The van der Waals surface area contributed by atoms with Crippen molar-refractivity contribution in [2.75, 3.05) is 0 Å². The molecule has 0 rings (SSSR count). The number of halogens is 1. The molecule has 1 nitrogen and oxygen atoms in total. The van der Waals surface area contributed by atoms with Crippen molar-refractivity contribution in [3.8, 4) is 0 Å². The smallest absolute Gasteiger partial charge is 0.0554 e. The Kier molecular flexibility index (Phi) is 24.1. The topological polar surface area (TPSA) is 23.9 Å². The molecule has 0 aromatic heterocycles. The van der Waals surface area contributed by atoms with Gasteiger partial charge in [0.2, 0.25) is 0 Å². The van der Waals surface area contributed by atoms with E-state index >= 15 is 0 Å². The highest BCUT2D eigenvalue weighted by molar-refractivity contribution is 7.78. The molecule has 1 N–H and O–H groups in total. The first-order chi connectivity index (χ1) is 3.33. The fourth-order valence-electron chi connectivity index (χ4n) is 0. The van der Waals surface area contributed by atoms with Crippen molar-refractivity contribution in [2.24, 2.45) is 0 Å². The third kappa shape index (κ3) is 124. The van der Waals surface area contributed by atoms with Gasteiger partial charge in [0.15, 0.2) is 0 Å². The second kappa shape index (κ2) is 17.0. The summed E-state index contributed by atoms with van der Waals surface area (Å²) in [5, 5.41) is 7.36. The molecule has 0 aromatic carbocycles.